The first-order valence-electron chi connectivity index (χ1n) is 7.09. The molecule has 2 aromatic carbocycles. The number of ether oxygens (including phenoxy) is 1. The molecule has 1 fully saturated rings. The molecule has 1 heterocycles. The van der Waals surface area contributed by atoms with Gasteiger partial charge in [-0.3, -0.25) is 4.90 Å². The van der Waals surface area contributed by atoms with E-state index in [0.717, 1.165) is 26.1 Å². The monoisotopic (exact) mass is 321 g/mol. The smallest absolute Gasteiger partial charge is 0.139 e. The van der Waals surface area contributed by atoms with Crippen LogP contribution in [0.3, 0.4) is 0 Å². The number of hydrogen-bond donors (Lipinski definition) is 0. The number of halogens is 2. The lowest BCUT2D eigenvalue weighted by molar-refractivity contribution is 0.198. The number of nitrogens with zero attached hydrogens (tertiary/aromatic N) is 1. The average molecular weight is 322 g/mol. The van der Waals surface area contributed by atoms with Crippen molar-refractivity contribution in [1.82, 2.24) is 4.90 Å². The number of rotatable bonds is 4. The van der Waals surface area contributed by atoms with Crippen molar-refractivity contribution in [3.8, 4) is 5.75 Å². The molecule has 0 saturated carbocycles. The Hall–Kier alpha value is -1.22. The van der Waals surface area contributed by atoms with Gasteiger partial charge in [0.05, 0.1) is 5.02 Å². The van der Waals surface area contributed by atoms with Crippen LogP contribution < -0.4 is 4.74 Å². The average Bonchev–Trinajstić information content (AvgIpc) is 2.92. The van der Waals surface area contributed by atoms with Crippen LogP contribution in [0, 0.1) is 0 Å². The van der Waals surface area contributed by atoms with Crippen LogP contribution in [0.25, 0.3) is 0 Å². The van der Waals surface area contributed by atoms with Crippen LogP contribution in [0.15, 0.2) is 48.5 Å². The Morgan fingerprint density at radius 1 is 1.05 bits per heavy atom. The minimum absolute atomic E-state index is 0.171. The van der Waals surface area contributed by atoms with Gasteiger partial charge >= 0.3 is 0 Å². The molecule has 1 aliphatic rings. The van der Waals surface area contributed by atoms with E-state index in [-0.39, 0.29) is 6.10 Å². The highest BCUT2D eigenvalue weighted by Crippen LogP contribution is 2.33. The Morgan fingerprint density at radius 3 is 2.67 bits per heavy atom. The highest BCUT2D eigenvalue weighted by Gasteiger charge is 2.24. The van der Waals surface area contributed by atoms with Crippen LogP contribution in [0.4, 0.5) is 0 Å². The fourth-order valence-electron chi connectivity index (χ4n) is 2.63. The van der Waals surface area contributed by atoms with Crippen LogP contribution in [0.5, 0.6) is 5.75 Å². The van der Waals surface area contributed by atoms with Gasteiger partial charge in [0.25, 0.3) is 0 Å². The number of likely N-dealkylation sites (tertiary alicyclic amines) is 1. The molecule has 1 aliphatic heterocycles. The minimum atomic E-state index is 0.171. The Labute approximate surface area is 135 Å². The van der Waals surface area contributed by atoms with E-state index < -0.39 is 0 Å². The van der Waals surface area contributed by atoms with Gasteiger partial charge < -0.3 is 4.74 Å². The topological polar surface area (TPSA) is 12.5 Å². The molecule has 2 nitrogen and oxygen atoms in total. The SMILES string of the molecule is Clc1cccc(OC2CCN(Cc3ccccc3)C2)c1Cl. The van der Waals surface area contributed by atoms with Crippen molar-refractivity contribution in [3.05, 3.63) is 64.1 Å². The Morgan fingerprint density at radius 2 is 1.86 bits per heavy atom. The van der Waals surface area contributed by atoms with Gasteiger partial charge in [0, 0.05) is 19.6 Å². The van der Waals surface area contributed by atoms with E-state index in [1.165, 1.54) is 5.56 Å². The maximum absolute atomic E-state index is 6.17. The second-order valence-electron chi connectivity index (χ2n) is 5.30. The quantitative estimate of drug-likeness (QED) is 0.812. The first kappa shape index (κ1) is 14.7. The molecule has 0 aliphatic carbocycles. The van der Waals surface area contributed by atoms with E-state index >= 15 is 0 Å². The molecule has 21 heavy (non-hydrogen) atoms. The minimum Gasteiger partial charge on any atom is -0.487 e. The highest BCUT2D eigenvalue weighted by molar-refractivity contribution is 6.42. The van der Waals surface area contributed by atoms with Crippen molar-refractivity contribution < 1.29 is 4.74 Å². The summed E-state index contributed by atoms with van der Waals surface area (Å²) in [6, 6.07) is 16.0. The number of hydrogen-bond acceptors (Lipinski definition) is 2. The predicted octanol–water partition coefficient (Wildman–Crippen LogP) is 4.65. The van der Waals surface area contributed by atoms with Gasteiger partial charge in [0.1, 0.15) is 16.9 Å². The normalized spacial score (nSPS) is 18.9. The molecule has 1 unspecified atom stereocenters. The molecule has 0 amide bonds. The van der Waals surface area contributed by atoms with Crippen molar-refractivity contribution in [2.45, 2.75) is 19.1 Å². The van der Waals surface area contributed by atoms with Gasteiger partial charge in [-0.25, -0.2) is 0 Å². The Kier molecular flexibility index (Phi) is 4.69. The Bertz CT molecular complexity index is 603. The molecule has 2 aromatic rings. The van der Waals surface area contributed by atoms with Crippen LogP contribution in [-0.4, -0.2) is 24.1 Å². The fourth-order valence-corrected chi connectivity index (χ4v) is 2.97. The van der Waals surface area contributed by atoms with E-state index in [1.54, 1.807) is 6.07 Å². The van der Waals surface area contributed by atoms with Gasteiger partial charge in [-0.05, 0) is 24.1 Å². The first-order chi connectivity index (χ1) is 10.2. The second-order valence-corrected chi connectivity index (χ2v) is 6.09. The lowest BCUT2D eigenvalue weighted by Gasteiger charge is -2.17. The Balaban J connectivity index is 1.59. The van der Waals surface area contributed by atoms with Gasteiger partial charge in [0.2, 0.25) is 0 Å². The zero-order valence-electron chi connectivity index (χ0n) is 11.6. The summed E-state index contributed by atoms with van der Waals surface area (Å²) in [5.41, 5.74) is 1.33. The maximum Gasteiger partial charge on any atom is 0.139 e. The molecule has 0 bridgehead atoms. The molecule has 1 atom stereocenters. The highest BCUT2D eigenvalue weighted by atomic mass is 35.5. The third-order valence-electron chi connectivity index (χ3n) is 3.69. The van der Waals surface area contributed by atoms with E-state index in [0.29, 0.717) is 15.8 Å². The molecule has 0 N–H and O–H groups in total. The fraction of sp³-hybridized carbons (Fsp3) is 0.294. The van der Waals surface area contributed by atoms with Crippen molar-refractivity contribution in [2.75, 3.05) is 13.1 Å². The lowest BCUT2D eigenvalue weighted by atomic mass is 10.2. The summed E-state index contributed by atoms with van der Waals surface area (Å²) >= 11 is 12.2. The first-order valence-corrected chi connectivity index (χ1v) is 7.85. The molecular formula is C17H17Cl2NO. The van der Waals surface area contributed by atoms with Crippen molar-refractivity contribution in [2.24, 2.45) is 0 Å². The third-order valence-corrected chi connectivity index (χ3v) is 4.49. The molecule has 3 rings (SSSR count). The zero-order valence-corrected chi connectivity index (χ0v) is 13.1. The van der Waals surface area contributed by atoms with Gasteiger partial charge in [0.15, 0.2) is 0 Å². The molecular weight excluding hydrogens is 305 g/mol. The molecule has 110 valence electrons. The predicted molar refractivity (Wildman–Crippen MR) is 87.2 cm³/mol. The lowest BCUT2D eigenvalue weighted by Crippen LogP contribution is -2.24. The second kappa shape index (κ2) is 6.69. The summed E-state index contributed by atoms with van der Waals surface area (Å²) < 4.78 is 6.00. The van der Waals surface area contributed by atoms with Gasteiger partial charge in [-0.2, -0.15) is 0 Å². The summed E-state index contributed by atoms with van der Waals surface area (Å²) in [6.45, 7) is 2.92. The summed E-state index contributed by atoms with van der Waals surface area (Å²) in [4.78, 5) is 2.40. The summed E-state index contributed by atoms with van der Waals surface area (Å²) in [5.74, 6) is 0.677. The van der Waals surface area contributed by atoms with Crippen LogP contribution in [-0.2, 0) is 6.54 Å². The van der Waals surface area contributed by atoms with Crippen LogP contribution in [0.1, 0.15) is 12.0 Å². The van der Waals surface area contributed by atoms with Gasteiger partial charge in [-0.15, -0.1) is 0 Å². The summed E-state index contributed by atoms with van der Waals surface area (Å²) in [6.07, 6.45) is 1.18. The third kappa shape index (κ3) is 3.70. The summed E-state index contributed by atoms with van der Waals surface area (Å²) in [7, 11) is 0. The molecule has 1 saturated heterocycles. The van der Waals surface area contributed by atoms with Crippen molar-refractivity contribution >= 4 is 23.2 Å². The maximum atomic E-state index is 6.17. The zero-order chi connectivity index (χ0) is 14.7. The van der Waals surface area contributed by atoms with E-state index in [1.807, 2.05) is 18.2 Å². The van der Waals surface area contributed by atoms with Crippen molar-refractivity contribution in [1.29, 1.82) is 0 Å². The number of benzene rings is 2. The molecule has 0 aromatic heterocycles. The standard InChI is InChI=1S/C17H17Cl2NO/c18-15-7-4-8-16(17(15)19)21-14-9-10-20(12-14)11-13-5-2-1-3-6-13/h1-8,14H,9-12H2. The molecule has 4 heteroatoms. The van der Waals surface area contributed by atoms with E-state index in [9.17, 15) is 0 Å². The molecule has 0 spiro atoms. The largest absolute Gasteiger partial charge is 0.487 e. The summed E-state index contributed by atoms with van der Waals surface area (Å²) in [5, 5.41) is 1.04. The van der Waals surface area contributed by atoms with E-state index in [4.69, 9.17) is 27.9 Å². The van der Waals surface area contributed by atoms with Crippen LogP contribution in [0.2, 0.25) is 10.0 Å². The van der Waals surface area contributed by atoms with E-state index in [2.05, 4.69) is 29.2 Å². The van der Waals surface area contributed by atoms with Crippen LogP contribution >= 0.6 is 23.2 Å². The van der Waals surface area contributed by atoms with Gasteiger partial charge in [-0.1, -0.05) is 59.6 Å². The van der Waals surface area contributed by atoms with Crippen molar-refractivity contribution in [3.63, 3.8) is 0 Å². The molecule has 0 radical (unpaired) electrons.